The molecule has 2 aromatic carbocycles. The SMILES string of the molecule is CC(C)(C)CC(=O)c1cccc(OCc2cccc(F)c2)c1. The van der Waals surface area contributed by atoms with Crippen molar-refractivity contribution >= 4 is 5.78 Å². The smallest absolute Gasteiger partial charge is 0.163 e. The van der Waals surface area contributed by atoms with Gasteiger partial charge in [-0.1, -0.05) is 45.0 Å². The molecule has 0 N–H and O–H groups in total. The summed E-state index contributed by atoms with van der Waals surface area (Å²) < 4.78 is 18.8. The van der Waals surface area contributed by atoms with Crippen molar-refractivity contribution < 1.29 is 13.9 Å². The molecule has 0 atom stereocenters. The molecule has 0 fully saturated rings. The monoisotopic (exact) mass is 300 g/mol. The van der Waals surface area contributed by atoms with Crippen molar-refractivity contribution in [3.63, 3.8) is 0 Å². The molecule has 0 saturated carbocycles. The quantitative estimate of drug-likeness (QED) is 0.724. The number of ketones is 1. The Kier molecular flexibility index (Phi) is 4.96. The van der Waals surface area contributed by atoms with E-state index in [1.54, 1.807) is 36.4 Å². The summed E-state index contributed by atoms with van der Waals surface area (Å²) in [5.41, 5.74) is 1.35. The van der Waals surface area contributed by atoms with Crippen LogP contribution in [0.15, 0.2) is 48.5 Å². The van der Waals surface area contributed by atoms with Crippen LogP contribution in [0.25, 0.3) is 0 Å². The Morgan fingerprint density at radius 2 is 1.82 bits per heavy atom. The van der Waals surface area contributed by atoms with Gasteiger partial charge in [-0.3, -0.25) is 4.79 Å². The third-order valence-corrected chi connectivity index (χ3v) is 3.14. The normalized spacial score (nSPS) is 11.3. The Labute approximate surface area is 130 Å². The molecule has 0 aromatic heterocycles. The Morgan fingerprint density at radius 3 is 2.50 bits per heavy atom. The van der Waals surface area contributed by atoms with Gasteiger partial charge >= 0.3 is 0 Å². The van der Waals surface area contributed by atoms with E-state index in [9.17, 15) is 9.18 Å². The second-order valence-electron chi connectivity index (χ2n) is 6.61. The number of benzene rings is 2. The van der Waals surface area contributed by atoms with Gasteiger partial charge in [-0.2, -0.15) is 0 Å². The average molecular weight is 300 g/mol. The van der Waals surface area contributed by atoms with Gasteiger partial charge in [-0.15, -0.1) is 0 Å². The first-order valence-corrected chi connectivity index (χ1v) is 7.34. The number of rotatable bonds is 5. The van der Waals surface area contributed by atoms with Crippen molar-refractivity contribution in [3.8, 4) is 5.75 Å². The van der Waals surface area contributed by atoms with Gasteiger partial charge in [0.15, 0.2) is 5.78 Å². The average Bonchev–Trinajstić information content (AvgIpc) is 2.44. The maximum absolute atomic E-state index is 13.1. The van der Waals surface area contributed by atoms with Crippen LogP contribution in [-0.4, -0.2) is 5.78 Å². The topological polar surface area (TPSA) is 26.3 Å². The lowest BCUT2D eigenvalue weighted by Gasteiger charge is -2.17. The van der Waals surface area contributed by atoms with Crippen LogP contribution in [0.2, 0.25) is 0 Å². The molecule has 0 spiro atoms. The zero-order valence-electron chi connectivity index (χ0n) is 13.2. The first-order valence-electron chi connectivity index (χ1n) is 7.34. The molecular formula is C19H21FO2. The third-order valence-electron chi connectivity index (χ3n) is 3.14. The molecule has 0 amide bonds. The summed E-state index contributed by atoms with van der Waals surface area (Å²) in [4.78, 5) is 12.2. The molecule has 0 aliphatic heterocycles. The predicted molar refractivity (Wildman–Crippen MR) is 85.6 cm³/mol. The standard InChI is InChI=1S/C19H21FO2/c1-19(2,3)12-18(21)15-7-5-9-17(11-15)22-13-14-6-4-8-16(20)10-14/h4-11H,12-13H2,1-3H3. The molecule has 3 heteroatoms. The van der Waals surface area contributed by atoms with Gasteiger partial charge in [-0.25, -0.2) is 4.39 Å². The molecule has 0 bridgehead atoms. The lowest BCUT2D eigenvalue weighted by atomic mass is 9.88. The lowest BCUT2D eigenvalue weighted by molar-refractivity contribution is 0.0939. The van der Waals surface area contributed by atoms with Gasteiger partial charge in [0, 0.05) is 12.0 Å². The van der Waals surface area contributed by atoms with Crippen molar-refractivity contribution in [2.24, 2.45) is 5.41 Å². The van der Waals surface area contributed by atoms with Crippen LogP contribution < -0.4 is 4.74 Å². The predicted octanol–water partition coefficient (Wildman–Crippen LogP) is 5.02. The molecular weight excluding hydrogens is 279 g/mol. The molecule has 0 aliphatic rings. The first-order chi connectivity index (χ1) is 10.3. The Hall–Kier alpha value is -2.16. The maximum atomic E-state index is 13.1. The van der Waals surface area contributed by atoms with E-state index in [0.29, 0.717) is 17.7 Å². The largest absolute Gasteiger partial charge is 0.489 e. The zero-order chi connectivity index (χ0) is 16.2. The molecule has 2 aromatic rings. The number of hydrogen-bond donors (Lipinski definition) is 0. The summed E-state index contributed by atoms with van der Waals surface area (Å²) in [5.74, 6) is 0.433. The van der Waals surface area contributed by atoms with Crippen LogP contribution in [-0.2, 0) is 6.61 Å². The van der Waals surface area contributed by atoms with Crippen LogP contribution in [0, 0.1) is 11.2 Å². The van der Waals surface area contributed by atoms with E-state index in [0.717, 1.165) is 5.56 Å². The van der Waals surface area contributed by atoms with E-state index in [1.165, 1.54) is 12.1 Å². The summed E-state index contributed by atoms with van der Waals surface area (Å²) in [6.07, 6.45) is 0.486. The summed E-state index contributed by atoms with van der Waals surface area (Å²) in [6.45, 7) is 6.38. The molecule has 0 saturated heterocycles. The number of Topliss-reactive ketones (excluding diaryl/α,β-unsaturated/α-hetero) is 1. The van der Waals surface area contributed by atoms with E-state index < -0.39 is 0 Å². The zero-order valence-corrected chi connectivity index (χ0v) is 13.2. The second-order valence-corrected chi connectivity index (χ2v) is 6.61. The van der Waals surface area contributed by atoms with E-state index in [1.807, 2.05) is 20.8 Å². The third kappa shape index (κ3) is 4.99. The van der Waals surface area contributed by atoms with Gasteiger partial charge in [0.2, 0.25) is 0 Å². The molecule has 2 rings (SSSR count). The van der Waals surface area contributed by atoms with Gasteiger partial charge < -0.3 is 4.74 Å². The number of carbonyl (C=O) groups is 1. The van der Waals surface area contributed by atoms with Gasteiger partial charge in [-0.05, 0) is 35.2 Å². The molecule has 116 valence electrons. The van der Waals surface area contributed by atoms with Crippen molar-refractivity contribution in [1.29, 1.82) is 0 Å². The fourth-order valence-electron chi connectivity index (χ4n) is 2.14. The fourth-order valence-corrected chi connectivity index (χ4v) is 2.14. The summed E-state index contributed by atoms with van der Waals surface area (Å²) in [5, 5.41) is 0. The molecule has 22 heavy (non-hydrogen) atoms. The van der Waals surface area contributed by atoms with Crippen LogP contribution in [0.3, 0.4) is 0 Å². The highest BCUT2D eigenvalue weighted by Gasteiger charge is 2.17. The molecule has 0 aliphatic carbocycles. The molecule has 2 nitrogen and oxygen atoms in total. The van der Waals surface area contributed by atoms with E-state index >= 15 is 0 Å². The lowest BCUT2D eigenvalue weighted by Crippen LogP contribution is -2.13. The van der Waals surface area contributed by atoms with Crippen LogP contribution in [0.4, 0.5) is 4.39 Å². The molecule has 0 heterocycles. The summed E-state index contributed by atoms with van der Waals surface area (Å²) in [7, 11) is 0. The highest BCUT2D eigenvalue weighted by molar-refractivity contribution is 5.96. The minimum absolute atomic E-state index is 0.0461. The summed E-state index contributed by atoms with van der Waals surface area (Å²) >= 11 is 0. The highest BCUT2D eigenvalue weighted by atomic mass is 19.1. The highest BCUT2D eigenvalue weighted by Crippen LogP contribution is 2.23. The molecule has 0 unspecified atom stereocenters. The number of carbonyl (C=O) groups excluding carboxylic acids is 1. The van der Waals surface area contributed by atoms with E-state index in [2.05, 4.69) is 0 Å². The van der Waals surface area contributed by atoms with Crippen LogP contribution >= 0.6 is 0 Å². The summed E-state index contributed by atoms with van der Waals surface area (Å²) in [6, 6.07) is 13.4. The first kappa shape index (κ1) is 16.2. The minimum atomic E-state index is -0.282. The van der Waals surface area contributed by atoms with Gasteiger partial charge in [0.25, 0.3) is 0 Å². The maximum Gasteiger partial charge on any atom is 0.163 e. The second kappa shape index (κ2) is 6.73. The Morgan fingerprint density at radius 1 is 1.09 bits per heavy atom. The van der Waals surface area contributed by atoms with Gasteiger partial charge in [0.05, 0.1) is 0 Å². The van der Waals surface area contributed by atoms with Crippen LogP contribution in [0.5, 0.6) is 5.75 Å². The Balaban J connectivity index is 2.04. The van der Waals surface area contributed by atoms with Crippen molar-refractivity contribution in [2.45, 2.75) is 33.8 Å². The number of halogens is 1. The fraction of sp³-hybridized carbons (Fsp3) is 0.316. The van der Waals surface area contributed by atoms with Crippen molar-refractivity contribution in [3.05, 3.63) is 65.5 Å². The Bertz CT molecular complexity index is 656. The van der Waals surface area contributed by atoms with Gasteiger partial charge in [0.1, 0.15) is 18.2 Å². The number of ether oxygens (including phenoxy) is 1. The van der Waals surface area contributed by atoms with Crippen molar-refractivity contribution in [2.75, 3.05) is 0 Å². The van der Waals surface area contributed by atoms with E-state index in [4.69, 9.17) is 4.74 Å². The van der Waals surface area contributed by atoms with E-state index in [-0.39, 0.29) is 23.6 Å². The van der Waals surface area contributed by atoms with Crippen molar-refractivity contribution in [1.82, 2.24) is 0 Å². The van der Waals surface area contributed by atoms with Crippen LogP contribution in [0.1, 0.15) is 43.1 Å². The number of hydrogen-bond acceptors (Lipinski definition) is 2. The molecule has 0 radical (unpaired) electrons. The minimum Gasteiger partial charge on any atom is -0.489 e.